The van der Waals surface area contributed by atoms with Crippen LogP contribution >= 0.6 is 0 Å². The summed E-state index contributed by atoms with van der Waals surface area (Å²) in [6.07, 6.45) is 4.55. The van der Waals surface area contributed by atoms with E-state index >= 15 is 0 Å². The molecule has 0 bridgehead atoms. The van der Waals surface area contributed by atoms with Crippen LogP contribution in [0.3, 0.4) is 0 Å². The van der Waals surface area contributed by atoms with Crippen LogP contribution in [-0.4, -0.2) is 11.7 Å². The van der Waals surface area contributed by atoms with Gasteiger partial charge in [-0.1, -0.05) is 6.07 Å². The van der Waals surface area contributed by atoms with E-state index in [2.05, 4.69) is 0 Å². The summed E-state index contributed by atoms with van der Waals surface area (Å²) >= 11 is 0. The second-order valence-electron chi connectivity index (χ2n) is 3.89. The Hall–Kier alpha value is -0.890. The van der Waals surface area contributed by atoms with Crippen LogP contribution in [0.4, 0.5) is 4.39 Å². The molecule has 1 aliphatic carbocycles. The molecule has 0 spiro atoms. The summed E-state index contributed by atoms with van der Waals surface area (Å²) in [5.41, 5.74) is 3.24. The molecule has 1 aliphatic rings. The molecular formula is C12H15FO. The summed E-state index contributed by atoms with van der Waals surface area (Å²) in [6, 6.07) is 3.66. The SMILES string of the molecule is OCCCc1cc2c(cc1F)CCC2. The largest absolute Gasteiger partial charge is 0.396 e. The Balaban J connectivity index is 2.23. The van der Waals surface area contributed by atoms with E-state index in [9.17, 15) is 4.39 Å². The molecular weight excluding hydrogens is 179 g/mol. The van der Waals surface area contributed by atoms with Crippen LogP contribution in [0.2, 0.25) is 0 Å². The van der Waals surface area contributed by atoms with Crippen LogP contribution in [0, 0.1) is 5.82 Å². The Morgan fingerprint density at radius 3 is 2.64 bits per heavy atom. The van der Waals surface area contributed by atoms with Crippen LogP contribution in [0.5, 0.6) is 0 Å². The standard InChI is InChI=1S/C12H15FO/c13-12-8-10-4-1-3-9(10)7-11(12)5-2-6-14/h7-8,14H,1-6H2. The maximum Gasteiger partial charge on any atom is 0.126 e. The maximum absolute atomic E-state index is 13.5. The second kappa shape index (κ2) is 4.09. The summed E-state index contributed by atoms with van der Waals surface area (Å²) < 4.78 is 13.5. The molecule has 0 atom stereocenters. The van der Waals surface area contributed by atoms with Gasteiger partial charge in [-0.3, -0.25) is 0 Å². The van der Waals surface area contributed by atoms with E-state index in [0.29, 0.717) is 12.8 Å². The normalized spacial score (nSPS) is 14.4. The van der Waals surface area contributed by atoms with Gasteiger partial charge in [0.15, 0.2) is 0 Å². The van der Waals surface area contributed by atoms with Crippen molar-refractivity contribution < 1.29 is 9.50 Å². The highest BCUT2D eigenvalue weighted by Crippen LogP contribution is 2.25. The molecule has 76 valence electrons. The maximum atomic E-state index is 13.5. The van der Waals surface area contributed by atoms with Gasteiger partial charge in [0.05, 0.1) is 0 Å². The molecule has 0 heterocycles. The molecule has 0 radical (unpaired) electrons. The third-order valence-corrected chi connectivity index (χ3v) is 2.87. The number of aliphatic hydroxyl groups excluding tert-OH is 1. The van der Waals surface area contributed by atoms with Crippen LogP contribution in [0.25, 0.3) is 0 Å². The van der Waals surface area contributed by atoms with E-state index in [1.54, 1.807) is 6.07 Å². The van der Waals surface area contributed by atoms with E-state index < -0.39 is 0 Å². The Morgan fingerprint density at radius 2 is 1.93 bits per heavy atom. The Kier molecular flexibility index (Phi) is 2.82. The number of benzene rings is 1. The second-order valence-corrected chi connectivity index (χ2v) is 3.89. The van der Waals surface area contributed by atoms with Crippen LogP contribution in [0.1, 0.15) is 29.5 Å². The highest BCUT2D eigenvalue weighted by molar-refractivity contribution is 5.36. The predicted molar refractivity (Wildman–Crippen MR) is 53.8 cm³/mol. The molecule has 1 N–H and O–H groups in total. The van der Waals surface area contributed by atoms with Crippen LogP contribution in [-0.2, 0) is 19.3 Å². The highest BCUT2D eigenvalue weighted by Gasteiger charge is 2.14. The van der Waals surface area contributed by atoms with Crippen molar-refractivity contribution in [1.29, 1.82) is 0 Å². The average Bonchev–Trinajstić information content (AvgIpc) is 2.61. The van der Waals surface area contributed by atoms with Crippen molar-refractivity contribution in [1.82, 2.24) is 0 Å². The molecule has 1 aromatic rings. The monoisotopic (exact) mass is 194 g/mol. The molecule has 0 aromatic heterocycles. The lowest BCUT2D eigenvalue weighted by atomic mass is 10.0. The molecule has 14 heavy (non-hydrogen) atoms. The number of fused-ring (bicyclic) bond motifs is 1. The Labute approximate surface area is 83.6 Å². The molecule has 2 heteroatoms. The average molecular weight is 194 g/mol. The first-order chi connectivity index (χ1) is 6.81. The fraction of sp³-hybridized carbons (Fsp3) is 0.500. The minimum Gasteiger partial charge on any atom is -0.396 e. The van der Waals surface area contributed by atoms with Gasteiger partial charge in [-0.25, -0.2) is 4.39 Å². The van der Waals surface area contributed by atoms with Gasteiger partial charge < -0.3 is 5.11 Å². The van der Waals surface area contributed by atoms with Gasteiger partial charge in [-0.05, 0) is 54.9 Å². The van der Waals surface area contributed by atoms with Gasteiger partial charge in [-0.2, -0.15) is 0 Å². The van der Waals surface area contributed by atoms with Gasteiger partial charge in [0.1, 0.15) is 5.82 Å². The molecule has 0 unspecified atom stereocenters. The van der Waals surface area contributed by atoms with Crippen molar-refractivity contribution in [2.24, 2.45) is 0 Å². The number of halogens is 1. The molecule has 1 aromatic carbocycles. The Morgan fingerprint density at radius 1 is 1.21 bits per heavy atom. The summed E-state index contributed by atoms with van der Waals surface area (Å²) in [5.74, 6) is -0.0981. The van der Waals surface area contributed by atoms with Crippen molar-refractivity contribution >= 4 is 0 Å². The first-order valence-corrected chi connectivity index (χ1v) is 5.22. The van der Waals surface area contributed by atoms with Crippen LogP contribution < -0.4 is 0 Å². The van der Waals surface area contributed by atoms with Gasteiger partial charge >= 0.3 is 0 Å². The van der Waals surface area contributed by atoms with E-state index in [4.69, 9.17) is 5.11 Å². The Bertz CT molecular complexity index is 333. The third-order valence-electron chi connectivity index (χ3n) is 2.87. The highest BCUT2D eigenvalue weighted by atomic mass is 19.1. The number of aryl methyl sites for hydroxylation is 3. The smallest absolute Gasteiger partial charge is 0.126 e. The predicted octanol–water partition coefficient (Wildman–Crippen LogP) is 2.24. The van der Waals surface area contributed by atoms with Crippen molar-refractivity contribution in [2.45, 2.75) is 32.1 Å². The van der Waals surface area contributed by atoms with Crippen molar-refractivity contribution in [2.75, 3.05) is 6.61 Å². The summed E-state index contributed by atoms with van der Waals surface area (Å²) in [5, 5.41) is 8.69. The first kappa shape index (κ1) is 9.66. The number of hydrogen-bond acceptors (Lipinski definition) is 1. The van der Waals surface area contributed by atoms with Crippen molar-refractivity contribution in [3.63, 3.8) is 0 Å². The zero-order valence-electron chi connectivity index (χ0n) is 8.22. The topological polar surface area (TPSA) is 20.2 Å². The zero-order chi connectivity index (χ0) is 9.97. The molecule has 0 amide bonds. The lowest BCUT2D eigenvalue weighted by Crippen LogP contribution is -1.96. The number of aliphatic hydroxyl groups is 1. The summed E-state index contributed by atoms with van der Waals surface area (Å²) in [4.78, 5) is 0. The quantitative estimate of drug-likeness (QED) is 0.782. The third kappa shape index (κ3) is 1.80. The first-order valence-electron chi connectivity index (χ1n) is 5.22. The zero-order valence-corrected chi connectivity index (χ0v) is 8.22. The fourth-order valence-electron chi connectivity index (χ4n) is 2.11. The fourth-order valence-corrected chi connectivity index (χ4v) is 2.11. The van der Waals surface area contributed by atoms with Gasteiger partial charge in [0.2, 0.25) is 0 Å². The lowest BCUT2D eigenvalue weighted by molar-refractivity contribution is 0.288. The molecule has 0 saturated carbocycles. The number of rotatable bonds is 3. The lowest BCUT2D eigenvalue weighted by Gasteiger charge is -2.05. The van der Waals surface area contributed by atoms with Gasteiger partial charge in [0, 0.05) is 6.61 Å². The van der Waals surface area contributed by atoms with E-state index in [-0.39, 0.29) is 12.4 Å². The van der Waals surface area contributed by atoms with Gasteiger partial charge in [0.25, 0.3) is 0 Å². The minimum absolute atomic E-state index is 0.0981. The summed E-state index contributed by atoms with van der Waals surface area (Å²) in [7, 11) is 0. The number of hydrogen-bond donors (Lipinski definition) is 1. The van der Waals surface area contributed by atoms with Gasteiger partial charge in [-0.15, -0.1) is 0 Å². The molecule has 1 nitrogen and oxygen atoms in total. The molecule has 0 aliphatic heterocycles. The molecule has 0 saturated heterocycles. The van der Waals surface area contributed by atoms with E-state index in [1.165, 1.54) is 11.1 Å². The minimum atomic E-state index is -0.0981. The molecule has 0 fully saturated rings. The molecule has 2 rings (SSSR count). The van der Waals surface area contributed by atoms with E-state index in [1.807, 2.05) is 6.07 Å². The van der Waals surface area contributed by atoms with Crippen molar-refractivity contribution in [3.05, 3.63) is 34.6 Å². The summed E-state index contributed by atoms with van der Waals surface area (Å²) in [6.45, 7) is 0.135. The van der Waals surface area contributed by atoms with Crippen LogP contribution in [0.15, 0.2) is 12.1 Å². The van der Waals surface area contributed by atoms with Crippen molar-refractivity contribution in [3.8, 4) is 0 Å². The van der Waals surface area contributed by atoms with E-state index in [0.717, 1.165) is 24.8 Å².